The molecular formula is C96H149N20O26S2-. The molecule has 0 radical (unpaired) electrons. The first-order chi connectivity index (χ1) is 69.5. The lowest BCUT2D eigenvalue weighted by atomic mass is 10.00. The molecule has 802 valence electrons. The zero-order chi connectivity index (χ0) is 108. The third-order valence-corrected chi connectivity index (χ3v) is 24.5. The number of likely N-dealkylation sites (N-methyl/N-ethyl adjacent to an activating group) is 4. The van der Waals surface area contributed by atoms with Crippen LogP contribution in [0.15, 0.2) is 103 Å². The molecule has 12 atom stereocenters. The normalized spacial score (nSPS) is 18.7. The summed E-state index contributed by atoms with van der Waals surface area (Å²) in [5.74, 6) is -10.5. The van der Waals surface area contributed by atoms with Crippen LogP contribution < -0.4 is 95.5 Å². The lowest BCUT2D eigenvalue weighted by molar-refractivity contribution is -0.374. The number of benzene rings is 4. The molecule has 2 aliphatic rings. The first kappa shape index (κ1) is 121. The smallest absolute Gasteiger partial charge is 0.305 e. The molecule has 2 saturated heterocycles. The number of carbonyl (C=O) groups is 16. The Labute approximate surface area is 851 Å². The number of nitrogens with zero attached hydrogens (tertiary/aromatic N) is 3. The number of nitrogens with one attached hydrogen (secondary N) is 17. The minimum absolute atomic E-state index is 0.0305. The van der Waals surface area contributed by atoms with Crippen molar-refractivity contribution in [1.82, 2.24) is 105 Å². The number of hydrogen-bond donors (Lipinski definition) is 22. The molecule has 0 aliphatic carbocycles. The molecule has 0 saturated carbocycles. The Kier molecular flexibility index (Phi) is 60.2. The van der Waals surface area contributed by atoms with Crippen LogP contribution in [0.3, 0.4) is 0 Å². The quantitative estimate of drug-likeness (QED) is 0.0113. The molecule has 144 heavy (non-hydrogen) atoms. The largest absolute Gasteiger partial charge is 0.843 e. The maximum Gasteiger partial charge on any atom is 0.305 e. The van der Waals surface area contributed by atoms with Crippen molar-refractivity contribution in [3.63, 3.8) is 0 Å². The monoisotopic (exact) mass is 2070 g/mol. The maximum atomic E-state index is 13.9. The van der Waals surface area contributed by atoms with E-state index in [0.29, 0.717) is 75.6 Å². The fourth-order valence-corrected chi connectivity index (χ4v) is 16.8. The number of amides is 14. The minimum atomic E-state index is -2.74. The highest BCUT2D eigenvalue weighted by Gasteiger charge is 2.39. The van der Waals surface area contributed by atoms with Crippen molar-refractivity contribution in [3.8, 4) is 22.6 Å². The number of rotatable bonds is 55. The summed E-state index contributed by atoms with van der Waals surface area (Å²) in [6.07, 6.45) is -1.17. The Bertz CT molecular complexity index is 4680. The molecule has 22 N–H and O–H groups in total. The van der Waals surface area contributed by atoms with Gasteiger partial charge in [-0.1, -0.05) is 128 Å². The highest BCUT2D eigenvalue weighted by atomic mass is 33.1. The van der Waals surface area contributed by atoms with Crippen LogP contribution in [0.25, 0.3) is 11.1 Å². The van der Waals surface area contributed by atoms with Crippen LogP contribution in [0.2, 0.25) is 0 Å². The molecule has 6 rings (SSSR count). The van der Waals surface area contributed by atoms with Gasteiger partial charge in [-0.3, -0.25) is 86.5 Å². The van der Waals surface area contributed by atoms with Gasteiger partial charge in [0.25, 0.3) is 0 Å². The van der Waals surface area contributed by atoms with E-state index in [0.717, 1.165) is 49.3 Å². The van der Waals surface area contributed by atoms with Crippen LogP contribution >= 0.6 is 21.6 Å². The molecule has 2 unspecified atom stereocenters. The SMILES string of the molecule is CC(O)[C@@H]1NC(=O)CNC(=O)[C@H](Cc2ccc(O)cc2)NC(=O)[C@H](Cc2ccc(O)cc2)NC(=O)[C@H](CC(=O)O)NC(=O)[C@@H](C)CSSC[C@@H](C)NC1=O.CNCCN(CCNC)CC(=O)NCCOCCOCC(=O)N[C@@H](CC(C)C)C(=O)N1CCC[C@H]1C(=O)NC.[2H]C([3H])([O-])NCCN(CCNC)CC(=O)NCCOCCOCCNC(=O)[C@H](CC(=O)O)NC(=O)[C@H](Cc1ccc(-c2ccccc2)cc1)NC(C)=O. The molecule has 46 nitrogen and oxygen atoms in total. The number of likely N-dealkylation sites (tertiary alicyclic amines) is 1. The second-order valence-corrected chi connectivity index (χ2v) is 37.0. The molecular weight excluding hydrogens is 1910 g/mol. The first-order valence-electron chi connectivity index (χ1n) is 48.7. The second kappa shape index (κ2) is 71.7. The molecule has 2 heterocycles. The van der Waals surface area contributed by atoms with E-state index in [1.807, 2.05) is 82.5 Å². The van der Waals surface area contributed by atoms with Crippen LogP contribution in [0, 0.1) is 11.8 Å². The number of phenolic OH excluding ortho intramolecular Hbond substituents is 2. The number of aliphatic carboxylic acids is 2. The first-order valence-corrected chi connectivity index (χ1v) is 50.2. The molecule has 0 spiro atoms. The van der Waals surface area contributed by atoms with Crippen LogP contribution in [0.4, 0.5) is 0 Å². The summed E-state index contributed by atoms with van der Waals surface area (Å²) in [4.78, 5) is 209. The van der Waals surface area contributed by atoms with Crippen LogP contribution in [-0.2, 0) is 115 Å². The number of carbonyl (C=O) groups excluding carboxylic acids is 14. The van der Waals surface area contributed by atoms with Gasteiger partial charge in [0.1, 0.15) is 66.4 Å². The van der Waals surface area contributed by atoms with Crippen molar-refractivity contribution in [2.24, 2.45) is 11.8 Å². The van der Waals surface area contributed by atoms with Crippen LogP contribution in [-0.4, -0.2) is 393 Å². The van der Waals surface area contributed by atoms with Gasteiger partial charge in [-0.2, -0.15) is 0 Å². The van der Waals surface area contributed by atoms with Crippen molar-refractivity contribution in [1.29, 1.82) is 0 Å². The standard InChI is InChI=1S/C35H52N7O9.C35H46N6O11S2.C26H51N7O6/c1-26(44)40-30(22-27-8-10-29(11-9-27)28-6-4-3-5-7-28)35(49)41-31(23-33(46)47)34(48)39-15-19-51-21-20-50-18-14-38-32(45)24-42(16-12-36-2)17-13-37-25-43;1-18-16-53-54-17-19(2)37-35(52)30(20(3)42)41-28(45)15-36-32(49)25(12-21-4-8-23(43)9-5-21)39-33(50)26(13-22-6-10-24(44)11-7-22)40-34(51)27(14-29(46)47)38-31(18)48;1-20(2)17-21(26(37)33-11-6-7-22(33)25(36)29-5)31-24(35)19-39-16-15-38-14-10-30-23(34)18-32(12-8-27-3)13-9-28-4/h3-11,30-31,36-37H,12-25H2,1-2H3,(H,38,45)(H,39,48)(H,40,44)(H,41,49)(H,46,47);4-11,18-20,25-27,30,42-44H,12-17H2,1-3H3,(H,36,49)(H,37,52)(H,38,48)(H,39,50)(H,40,51)(H,41,45)(H,46,47);20-22,27-28H,6-19H2,1-5H3,(H,29,36)(H,30,34)(H,31,35)/q-1;;/t30-,31-;18-,19+,20?,25-,26-,27-,30-;21-,22-/m000/s1/i25TD;;/t25?,30-,31-;2m. The van der Waals surface area contributed by atoms with Gasteiger partial charge in [-0.15, -0.1) is 0 Å². The van der Waals surface area contributed by atoms with Gasteiger partial charge < -0.3 is 145 Å². The van der Waals surface area contributed by atoms with E-state index in [1.165, 1.54) is 84.0 Å². The van der Waals surface area contributed by atoms with Crippen LogP contribution in [0.5, 0.6) is 11.5 Å². The Morgan fingerprint density at radius 3 is 1.56 bits per heavy atom. The zero-order valence-corrected chi connectivity index (χ0v) is 85.2. The van der Waals surface area contributed by atoms with E-state index < -0.39 is 163 Å². The van der Waals surface area contributed by atoms with E-state index >= 15 is 0 Å². The Morgan fingerprint density at radius 2 is 1.05 bits per heavy atom. The summed E-state index contributed by atoms with van der Waals surface area (Å²) in [6.45, 7) is 14.0. The van der Waals surface area contributed by atoms with Gasteiger partial charge in [0.05, 0.1) is 84.8 Å². The Balaban J connectivity index is 0.000000463. The summed E-state index contributed by atoms with van der Waals surface area (Å²) in [6, 6.07) is 18.8. The van der Waals surface area contributed by atoms with Crippen molar-refractivity contribution in [2.45, 2.75) is 153 Å². The average molecular weight is 2070 g/mol. The predicted molar refractivity (Wildman–Crippen MR) is 537 cm³/mol. The summed E-state index contributed by atoms with van der Waals surface area (Å²) >= 11 is 0. The summed E-state index contributed by atoms with van der Waals surface area (Å²) in [7, 11) is 9.72. The molecule has 48 heteroatoms. The number of carboxylic acids is 2. The van der Waals surface area contributed by atoms with Gasteiger partial charge in [0, 0.05) is 138 Å². The van der Waals surface area contributed by atoms with E-state index in [4.69, 9.17) is 21.7 Å². The highest BCUT2D eigenvalue weighted by Crippen LogP contribution is 2.26. The molecule has 4 aromatic carbocycles. The van der Waals surface area contributed by atoms with E-state index in [2.05, 4.69) is 95.3 Å². The number of aliphatic hydroxyl groups is 1. The van der Waals surface area contributed by atoms with E-state index in [1.54, 1.807) is 37.7 Å². The summed E-state index contributed by atoms with van der Waals surface area (Å²) in [5.41, 5.74) is 3.71. The summed E-state index contributed by atoms with van der Waals surface area (Å²) in [5, 5.41) is 105. The number of ether oxygens (including phenoxy) is 4. The van der Waals surface area contributed by atoms with Gasteiger partial charge >= 0.3 is 11.9 Å². The maximum absolute atomic E-state index is 13.9. The molecule has 4 aromatic rings. The lowest BCUT2D eigenvalue weighted by Crippen LogP contribution is -2.59. The molecule has 2 fully saturated rings. The molecule has 0 bridgehead atoms. The fourth-order valence-electron chi connectivity index (χ4n) is 14.2. The number of aromatic hydroxyl groups is 2. The third kappa shape index (κ3) is 52.7. The van der Waals surface area contributed by atoms with E-state index in [-0.39, 0.29) is 138 Å². The van der Waals surface area contributed by atoms with Gasteiger partial charge in [-0.05, 0) is 112 Å². The Morgan fingerprint density at radius 1 is 0.549 bits per heavy atom. The molecule has 2 aliphatic heterocycles. The van der Waals surface area contributed by atoms with Crippen molar-refractivity contribution < 1.29 is 129 Å². The van der Waals surface area contributed by atoms with E-state index in [9.17, 15) is 107 Å². The number of carboxylic acid groups (broad SMARTS) is 2. The zero-order valence-electron chi connectivity index (χ0n) is 85.5. The average Bonchev–Trinajstić information content (AvgIpc) is 1.66. The number of phenols is 2. The molecule has 14 amide bonds. The van der Waals surface area contributed by atoms with Gasteiger partial charge in [0.15, 0.2) is 0 Å². The minimum Gasteiger partial charge on any atom is -0.843 e. The fraction of sp³-hybridized carbons (Fsp3) is 0.583. The number of aliphatic hydroxyl groups excluding tert-OH is 1. The van der Waals surface area contributed by atoms with Crippen molar-refractivity contribution >= 4 is 116 Å². The van der Waals surface area contributed by atoms with Crippen molar-refractivity contribution in [3.05, 3.63) is 120 Å². The van der Waals surface area contributed by atoms with Gasteiger partial charge in [-0.25, -0.2) is 0 Å². The van der Waals surface area contributed by atoms with Crippen LogP contribution in [0.1, 0.15) is 93.1 Å². The predicted octanol–water partition coefficient (Wildman–Crippen LogP) is -4.47. The summed E-state index contributed by atoms with van der Waals surface area (Å²) < 4.78 is 35.8. The van der Waals surface area contributed by atoms with Gasteiger partial charge in [0.2, 0.25) is 82.7 Å². The topological polar surface area (TPSA) is 648 Å². The number of hydrogen-bond acceptors (Lipinski definition) is 32. The highest BCUT2D eigenvalue weighted by molar-refractivity contribution is 8.76. The second-order valence-electron chi connectivity index (χ2n) is 34.4. The van der Waals surface area contributed by atoms with Crippen molar-refractivity contribution in [2.75, 3.05) is 197 Å². The Hall–Kier alpha value is -11.8. The molecule has 0 aromatic heterocycles. The lowest BCUT2D eigenvalue weighted by Gasteiger charge is -2.29. The third-order valence-electron chi connectivity index (χ3n) is 21.8.